The standard InChI is InChI=1S/C21H18F2N2O2S2/c22-16-8-7-13(10-17(16)23)18-12-29-21(24-18)25-20(26)15-5-1-2-6-19(15)28-11-14-4-3-9-27-14/h1-2,5-8,10,12,14H,3-4,9,11H2,(H,24,25,26). The van der Waals surface area contributed by atoms with Gasteiger partial charge in [0, 0.05) is 28.2 Å². The number of benzene rings is 2. The van der Waals surface area contributed by atoms with E-state index in [1.807, 2.05) is 18.2 Å². The third kappa shape index (κ3) is 4.83. The largest absolute Gasteiger partial charge is 0.377 e. The van der Waals surface area contributed by atoms with Gasteiger partial charge in [-0.3, -0.25) is 10.1 Å². The molecule has 1 aliphatic rings. The molecule has 4 rings (SSSR count). The summed E-state index contributed by atoms with van der Waals surface area (Å²) in [5, 5.41) is 4.89. The monoisotopic (exact) mass is 432 g/mol. The van der Waals surface area contributed by atoms with Crippen molar-refractivity contribution in [1.82, 2.24) is 4.98 Å². The molecule has 2 heterocycles. The summed E-state index contributed by atoms with van der Waals surface area (Å²) in [6, 6.07) is 11.0. The van der Waals surface area contributed by atoms with Crippen molar-refractivity contribution in [2.45, 2.75) is 23.8 Å². The highest BCUT2D eigenvalue weighted by Gasteiger charge is 2.18. The number of carbonyl (C=O) groups is 1. The fraction of sp³-hybridized carbons (Fsp3) is 0.238. The van der Waals surface area contributed by atoms with Gasteiger partial charge >= 0.3 is 0 Å². The molecule has 4 nitrogen and oxygen atoms in total. The van der Waals surface area contributed by atoms with Crippen LogP contribution in [0.1, 0.15) is 23.2 Å². The second-order valence-electron chi connectivity index (χ2n) is 6.56. The minimum atomic E-state index is -0.932. The van der Waals surface area contributed by atoms with Crippen LogP contribution in [-0.4, -0.2) is 29.4 Å². The van der Waals surface area contributed by atoms with Gasteiger partial charge in [-0.2, -0.15) is 0 Å². The zero-order valence-corrected chi connectivity index (χ0v) is 17.0. The molecule has 29 heavy (non-hydrogen) atoms. The Labute approximate surface area is 175 Å². The molecular weight excluding hydrogens is 414 g/mol. The third-order valence-electron chi connectivity index (χ3n) is 4.52. The molecule has 1 aliphatic heterocycles. The molecule has 0 aliphatic carbocycles. The van der Waals surface area contributed by atoms with Gasteiger partial charge < -0.3 is 4.74 Å². The van der Waals surface area contributed by atoms with Crippen LogP contribution in [0.4, 0.5) is 13.9 Å². The zero-order valence-electron chi connectivity index (χ0n) is 15.4. The Bertz CT molecular complexity index is 1020. The number of nitrogens with zero attached hydrogens (tertiary/aromatic N) is 1. The van der Waals surface area contributed by atoms with Gasteiger partial charge in [0.25, 0.3) is 5.91 Å². The lowest BCUT2D eigenvalue weighted by Crippen LogP contribution is -2.14. The van der Waals surface area contributed by atoms with Crippen molar-refractivity contribution in [3.63, 3.8) is 0 Å². The SMILES string of the molecule is O=C(Nc1nc(-c2ccc(F)c(F)c2)cs1)c1ccccc1SCC1CCCO1. The van der Waals surface area contributed by atoms with Crippen molar-refractivity contribution in [1.29, 1.82) is 0 Å². The van der Waals surface area contributed by atoms with E-state index in [4.69, 9.17) is 4.74 Å². The number of thioether (sulfide) groups is 1. The normalized spacial score (nSPS) is 16.1. The highest BCUT2D eigenvalue weighted by atomic mass is 32.2. The lowest BCUT2D eigenvalue weighted by molar-refractivity contribution is 0.102. The second-order valence-corrected chi connectivity index (χ2v) is 8.48. The highest BCUT2D eigenvalue weighted by Crippen LogP contribution is 2.29. The number of hydrogen-bond acceptors (Lipinski definition) is 5. The summed E-state index contributed by atoms with van der Waals surface area (Å²) in [4.78, 5) is 18.0. The molecule has 0 bridgehead atoms. The van der Waals surface area contributed by atoms with E-state index < -0.39 is 11.6 Å². The molecule has 1 saturated heterocycles. The predicted molar refractivity (Wildman–Crippen MR) is 112 cm³/mol. The quantitative estimate of drug-likeness (QED) is 0.514. The maximum atomic E-state index is 13.5. The number of amides is 1. The van der Waals surface area contributed by atoms with Crippen LogP contribution in [-0.2, 0) is 4.74 Å². The number of halogens is 2. The van der Waals surface area contributed by atoms with Gasteiger partial charge in [-0.05, 0) is 43.2 Å². The summed E-state index contributed by atoms with van der Waals surface area (Å²) < 4.78 is 32.2. The van der Waals surface area contributed by atoms with Crippen LogP contribution in [0.5, 0.6) is 0 Å². The predicted octanol–water partition coefficient (Wildman–Crippen LogP) is 5.61. The minimum absolute atomic E-state index is 0.230. The Morgan fingerprint density at radius 1 is 1.24 bits per heavy atom. The fourth-order valence-corrected chi connectivity index (χ4v) is 4.86. The molecule has 3 aromatic rings. The number of rotatable bonds is 6. The first-order chi connectivity index (χ1) is 14.1. The van der Waals surface area contributed by atoms with E-state index >= 15 is 0 Å². The van der Waals surface area contributed by atoms with Crippen LogP contribution in [0.2, 0.25) is 0 Å². The summed E-state index contributed by atoms with van der Waals surface area (Å²) in [5.41, 5.74) is 1.50. The smallest absolute Gasteiger partial charge is 0.258 e. The second kappa shape index (κ2) is 9.02. The molecule has 1 aromatic heterocycles. The topological polar surface area (TPSA) is 51.2 Å². The first-order valence-electron chi connectivity index (χ1n) is 9.16. The third-order valence-corrected chi connectivity index (χ3v) is 6.48. The average molecular weight is 433 g/mol. The van der Waals surface area contributed by atoms with E-state index in [1.165, 1.54) is 17.4 Å². The summed E-state index contributed by atoms with van der Waals surface area (Å²) in [6.07, 6.45) is 2.36. The molecule has 1 N–H and O–H groups in total. The van der Waals surface area contributed by atoms with Crippen LogP contribution in [0, 0.1) is 11.6 Å². The van der Waals surface area contributed by atoms with Crippen LogP contribution >= 0.6 is 23.1 Å². The first kappa shape index (κ1) is 20.0. The summed E-state index contributed by atoms with van der Waals surface area (Å²) in [6.45, 7) is 0.803. The van der Waals surface area contributed by atoms with Crippen LogP contribution < -0.4 is 5.32 Å². The maximum absolute atomic E-state index is 13.5. The molecule has 8 heteroatoms. The molecule has 1 amide bonds. The lowest BCUT2D eigenvalue weighted by Gasteiger charge is -2.11. The van der Waals surface area contributed by atoms with Crippen molar-refractivity contribution in [3.05, 3.63) is 65.0 Å². The zero-order chi connectivity index (χ0) is 20.2. The number of nitrogens with one attached hydrogen (secondary N) is 1. The molecule has 2 aromatic carbocycles. The van der Waals surface area contributed by atoms with E-state index in [-0.39, 0.29) is 12.0 Å². The molecule has 0 saturated carbocycles. The number of thiazole rings is 1. The van der Waals surface area contributed by atoms with Crippen molar-refractivity contribution >= 4 is 34.1 Å². The van der Waals surface area contributed by atoms with Gasteiger partial charge in [-0.1, -0.05) is 12.1 Å². The first-order valence-corrected chi connectivity index (χ1v) is 11.0. The Morgan fingerprint density at radius 3 is 2.90 bits per heavy atom. The Morgan fingerprint density at radius 2 is 2.10 bits per heavy atom. The van der Waals surface area contributed by atoms with Crippen molar-refractivity contribution < 1.29 is 18.3 Å². The van der Waals surface area contributed by atoms with Crippen molar-refractivity contribution in [2.75, 3.05) is 17.7 Å². The van der Waals surface area contributed by atoms with Crippen molar-refractivity contribution in [2.24, 2.45) is 0 Å². The maximum Gasteiger partial charge on any atom is 0.258 e. The van der Waals surface area contributed by atoms with Gasteiger partial charge in [-0.15, -0.1) is 23.1 Å². The van der Waals surface area contributed by atoms with E-state index in [1.54, 1.807) is 23.2 Å². The number of carbonyl (C=O) groups excluding carboxylic acids is 1. The van der Waals surface area contributed by atoms with E-state index in [2.05, 4.69) is 10.3 Å². The Kier molecular flexibility index (Phi) is 6.22. The number of ether oxygens (including phenoxy) is 1. The number of hydrogen-bond donors (Lipinski definition) is 1. The molecular formula is C21H18F2N2O2S2. The Hall–Kier alpha value is -2.29. The van der Waals surface area contributed by atoms with Crippen LogP contribution in [0.3, 0.4) is 0 Å². The summed E-state index contributed by atoms with van der Waals surface area (Å²) >= 11 is 2.84. The highest BCUT2D eigenvalue weighted by molar-refractivity contribution is 7.99. The number of aromatic nitrogens is 1. The van der Waals surface area contributed by atoms with Gasteiger partial charge in [-0.25, -0.2) is 13.8 Å². The van der Waals surface area contributed by atoms with E-state index in [9.17, 15) is 13.6 Å². The van der Waals surface area contributed by atoms with Gasteiger partial charge in [0.2, 0.25) is 0 Å². The van der Waals surface area contributed by atoms with Gasteiger partial charge in [0.15, 0.2) is 16.8 Å². The Balaban J connectivity index is 1.45. The average Bonchev–Trinajstić information content (AvgIpc) is 3.41. The molecule has 150 valence electrons. The molecule has 1 unspecified atom stereocenters. The van der Waals surface area contributed by atoms with Gasteiger partial charge in [0.05, 0.1) is 17.4 Å². The molecule has 1 fully saturated rings. The minimum Gasteiger partial charge on any atom is -0.377 e. The molecule has 0 spiro atoms. The lowest BCUT2D eigenvalue weighted by atomic mass is 10.2. The number of anilines is 1. The molecule has 1 atom stereocenters. The van der Waals surface area contributed by atoms with E-state index in [0.717, 1.165) is 42.2 Å². The van der Waals surface area contributed by atoms with Crippen LogP contribution in [0.25, 0.3) is 11.3 Å². The van der Waals surface area contributed by atoms with Crippen LogP contribution in [0.15, 0.2) is 52.7 Å². The molecule has 0 radical (unpaired) electrons. The fourth-order valence-electron chi connectivity index (χ4n) is 3.02. The van der Waals surface area contributed by atoms with Crippen molar-refractivity contribution in [3.8, 4) is 11.3 Å². The summed E-state index contributed by atoms with van der Waals surface area (Å²) in [5.74, 6) is -1.29. The van der Waals surface area contributed by atoms with E-state index in [0.29, 0.717) is 22.0 Å². The summed E-state index contributed by atoms with van der Waals surface area (Å²) in [7, 11) is 0. The van der Waals surface area contributed by atoms with Gasteiger partial charge in [0.1, 0.15) is 0 Å².